The van der Waals surface area contributed by atoms with E-state index in [-0.39, 0.29) is 19.0 Å². The van der Waals surface area contributed by atoms with Gasteiger partial charge in [0.2, 0.25) is 5.91 Å². The summed E-state index contributed by atoms with van der Waals surface area (Å²) in [5.41, 5.74) is -0.945. The molecule has 0 saturated carbocycles. The minimum Gasteiger partial charge on any atom is -0.342 e. The first-order chi connectivity index (χ1) is 8.72. The zero-order chi connectivity index (χ0) is 14.3. The van der Waals surface area contributed by atoms with Gasteiger partial charge in [-0.05, 0) is 12.8 Å². The van der Waals surface area contributed by atoms with Gasteiger partial charge in [-0.15, -0.1) is 0 Å². The lowest BCUT2D eigenvalue weighted by atomic mass is 9.88. The quantitative estimate of drug-likeness (QED) is 0.584. The van der Waals surface area contributed by atoms with Crippen LogP contribution in [0.15, 0.2) is 0 Å². The SMILES string of the molecule is CS(=O)(=O)CC(=O)N1CCC2(CC1)NC(=O)NC2=O. The van der Waals surface area contributed by atoms with Crippen LogP contribution in [0.5, 0.6) is 0 Å². The monoisotopic (exact) mass is 289 g/mol. The lowest BCUT2D eigenvalue weighted by Gasteiger charge is -2.36. The number of amides is 4. The first-order valence-corrected chi connectivity index (χ1v) is 7.87. The summed E-state index contributed by atoms with van der Waals surface area (Å²) in [5, 5.41) is 4.74. The van der Waals surface area contributed by atoms with Crippen molar-refractivity contribution < 1.29 is 22.8 Å². The maximum atomic E-state index is 11.7. The summed E-state index contributed by atoms with van der Waals surface area (Å²) in [6, 6.07) is -0.527. The molecular weight excluding hydrogens is 274 g/mol. The number of sulfone groups is 1. The number of imide groups is 1. The molecule has 2 aliphatic heterocycles. The molecule has 0 atom stereocenters. The number of hydrogen-bond donors (Lipinski definition) is 2. The lowest BCUT2D eigenvalue weighted by Crippen LogP contribution is -2.56. The lowest BCUT2D eigenvalue weighted by molar-refractivity contribution is -0.133. The van der Waals surface area contributed by atoms with Crippen LogP contribution in [0.2, 0.25) is 0 Å². The fourth-order valence-electron chi connectivity index (χ4n) is 2.33. The third kappa shape index (κ3) is 2.86. The summed E-state index contributed by atoms with van der Waals surface area (Å²) in [4.78, 5) is 35.9. The van der Waals surface area contributed by atoms with Crippen LogP contribution in [0, 0.1) is 0 Å². The normalized spacial score (nSPS) is 22.3. The molecule has 0 aromatic heterocycles. The number of carbonyl (C=O) groups excluding carboxylic acids is 3. The number of nitrogens with one attached hydrogen (secondary N) is 2. The van der Waals surface area contributed by atoms with Gasteiger partial charge < -0.3 is 10.2 Å². The van der Waals surface area contributed by atoms with Crippen LogP contribution < -0.4 is 10.6 Å². The van der Waals surface area contributed by atoms with E-state index in [0.717, 1.165) is 6.26 Å². The molecule has 8 nitrogen and oxygen atoms in total. The molecule has 0 aromatic carbocycles. The first-order valence-electron chi connectivity index (χ1n) is 5.81. The topological polar surface area (TPSA) is 113 Å². The summed E-state index contributed by atoms with van der Waals surface area (Å²) in [6.45, 7) is 0.504. The van der Waals surface area contributed by atoms with Gasteiger partial charge in [-0.2, -0.15) is 0 Å². The van der Waals surface area contributed by atoms with E-state index in [9.17, 15) is 22.8 Å². The fraction of sp³-hybridized carbons (Fsp3) is 0.700. The molecule has 106 valence electrons. The number of rotatable bonds is 2. The molecule has 9 heteroatoms. The van der Waals surface area contributed by atoms with E-state index < -0.39 is 33.1 Å². The second-order valence-corrected chi connectivity index (χ2v) is 7.08. The first kappa shape index (κ1) is 13.8. The summed E-state index contributed by atoms with van der Waals surface area (Å²) in [7, 11) is -3.36. The third-order valence-electron chi connectivity index (χ3n) is 3.37. The third-order valence-corrected chi connectivity index (χ3v) is 4.14. The highest BCUT2D eigenvalue weighted by Gasteiger charge is 2.48. The molecule has 0 aromatic rings. The van der Waals surface area contributed by atoms with Crippen LogP contribution in [-0.4, -0.2) is 61.8 Å². The summed E-state index contributed by atoms with van der Waals surface area (Å²) < 4.78 is 22.1. The molecule has 19 heavy (non-hydrogen) atoms. The van der Waals surface area contributed by atoms with Crippen LogP contribution in [0.3, 0.4) is 0 Å². The molecule has 1 spiro atoms. The molecule has 0 radical (unpaired) electrons. The maximum absolute atomic E-state index is 11.7. The van der Waals surface area contributed by atoms with Crippen LogP contribution in [0.4, 0.5) is 4.79 Å². The molecule has 2 heterocycles. The Bertz CT molecular complexity index is 533. The van der Waals surface area contributed by atoms with E-state index in [2.05, 4.69) is 10.6 Å². The van der Waals surface area contributed by atoms with Crippen molar-refractivity contribution in [1.82, 2.24) is 15.5 Å². The molecule has 2 fully saturated rings. The minimum atomic E-state index is -3.36. The van der Waals surface area contributed by atoms with E-state index in [1.807, 2.05) is 0 Å². The fourth-order valence-corrected chi connectivity index (χ4v) is 2.96. The molecule has 0 aliphatic carbocycles. The predicted molar refractivity (Wildman–Crippen MR) is 64.9 cm³/mol. The van der Waals surface area contributed by atoms with Crippen molar-refractivity contribution >= 4 is 27.7 Å². The Kier molecular flexibility index (Phi) is 3.25. The second-order valence-electron chi connectivity index (χ2n) is 4.94. The predicted octanol–water partition coefficient (Wildman–Crippen LogP) is -1.77. The zero-order valence-electron chi connectivity index (χ0n) is 10.4. The summed E-state index contributed by atoms with van der Waals surface area (Å²) >= 11 is 0. The highest BCUT2D eigenvalue weighted by atomic mass is 32.2. The minimum absolute atomic E-state index is 0.252. The molecule has 2 aliphatic rings. The van der Waals surface area contributed by atoms with E-state index in [0.29, 0.717) is 12.8 Å². The van der Waals surface area contributed by atoms with Crippen LogP contribution in [-0.2, 0) is 19.4 Å². The van der Waals surface area contributed by atoms with Gasteiger partial charge in [0, 0.05) is 19.3 Å². The van der Waals surface area contributed by atoms with Gasteiger partial charge in [0.05, 0.1) is 0 Å². The standard InChI is InChI=1S/C10H15N3O5S/c1-19(17,18)6-7(14)13-4-2-10(3-5-13)8(15)11-9(16)12-10/h2-6H2,1H3,(H2,11,12,15,16). The van der Waals surface area contributed by atoms with Crippen molar-refractivity contribution in [2.24, 2.45) is 0 Å². The van der Waals surface area contributed by atoms with Crippen LogP contribution in [0.1, 0.15) is 12.8 Å². The van der Waals surface area contributed by atoms with Crippen molar-refractivity contribution in [2.75, 3.05) is 25.1 Å². The number of nitrogens with zero attached hydrogens (tertiary/aromatic N) is 1. The van der Waals surface area contributed by atoms with E-state index in [1.54, 1.807) is 0 Å². The van der Waals surface area contributed by atoms with E-state index >= 15 is 0 Å². The Morgan fingerprint density at radius 3 is 2.32 bits per heavy atom. The summed E-state index contributed by atoms with van der Waals surface area (Å²) in [6.07, 6.45) is 1.58. The average molecular weight is 289 g/mol. The highest BCUT2D eigenvalue weighted by Crippen LogP contribution is 2.25. The second kappa shape index (κ2) is 4.48. The van der Waals surface area contributed by atoms with E-state index in [4.69, 9.17) is 0 Å². The van der Waals surface area contributed by atoms with Gasteiger partial charge in [0.25, 0.3) is 5.91 Å². The Hall–Kier alpha value is -1.64. The van der Waals surface area contributed by atoms with E-state index in [1.165, 1.54) is 4.90 Å². The Morgan fingerprint density at radius 1 is 1.32 bits per heavy atom. The van der Waals surface area contributed by atoms with Crippen molar-refractivity contribution in [2.45, 2.75) is 18.4 Å². The van der Waals surface area contributed by atoms with Gasteiger partial charge in [-0.25, -0.2) is 13.2 Å². The number of urea groups is 1. The molecule has 2 rings (SSSR count). The Morgan fingerprint density at radius 2 is 1.89 bits per heavy atom. The molecule has 4 amide bonds. The molecule has 0 bridgehead atoms. The molecular formula is C10H15N3O5S. The number of hydrogen-bond acceptors (Lipinski definition) is 5. The van der Waals surface area contributed by atoms with Crippen molar-refractivity contribution in [3.8, 4) is 0 Å². The van der Waals surface area contributed by atoms with Gasteiger partial charge in [-0.3, -0.25) is 14.9 Å². The summed E-state index contributed by atoms with van der Waals surface area (Å²) in [5.74, 6) is -1.38. The van der Waals surface area contributed by atoms with Crippen molar-refractivity contribution in [3.63, 3.8) is 0 Å². The number of likely N-dealkylation sites (tertiary alicyclic amines) is 1. The Labute approximate surface area is 110 Å². The van der Waals surface area contributed by atoms with Gasteiger partial charge in [-0.1, -0.05) is 0 Å². The van der Waals surface area contributed by atoms with Crippen molar-refractivity contribution in [3.05, 3.63) is 0 Å². The number of piperidine rings is 1. The maximum Gasteiger partial charge on any atom is 0.322 e. The molecule has 0 unspecified atom stereocenters. The highest BCUT2D eigenvalue weighted by molar-refractivity contribution is 7.91. The Balaban J connectivity index is 1.98. The van der Waals surface area contributed by atoms with Gasteiger partial charge in [0.15, 0.2) is 9.84 Å². The smallest absolute Gasteiger partial charge is 0.322 e. The van der Waals surface area contributed by atoms with Crippen LogP contribution in [0.25, 0.3) is 0 Å². The zero-order valence-corrected chi connectivity index (χ0v) is 11.2. The average Bonchev–Trinajstić information content (AvgIpc) is 2.52. The molecule has 2 saturated heterocycles. The van der Waals surface area contributed by atoms with Gasteiger partial charge >= 0.3 is 6.03 Å². The largest absolute Gasteiger partial charge is 0.342 e. The molecule has 2 N–H and O–H groups in total. The van der Waals surface area contributed by atoms with Crippen molar-refractivity contribution in [1.29, 1.82) is 0 Å². The van der Waals surface area contributed by atoms with Crippen LogP contribution >= 0.6 is 0 Å². The number of carbonyl (C=O) groups is 3. The van der Waals surface area contributed by atoms with Gasteiger partial charge in [0.1, 0.15) is 11.3 Å².